The molecule has 4 rings (SSSR count). The van der Waals surface area contributed by atoms with Crippen molar-refractivity contribution in [2.24, 2.45) is 5.92 Å². The maximum atomic E-state index is 13.4. The van der Waals surface area contributed by atoms with Crippen molar-refractivity contribution in [2.75, 3.05) is 12.4 Å². The molecule has 2 aliphatic rings. The maximum Gasteiger partial charge on any atom is 0.357 e. The van der Waals surface area contributed by atoms with Crippen LogP contribution in [-0.4, -0.2) is 52.9 Å². The Hall–Kier alpha value is -2.98. The number of imide groups is 1. The molecule has 1 aromatic heterocycles. The molecule has 4 amide bonds. The third-order valence-electron chi connectivity index (χ3n) is 6.43. The van der Waals surface area contributed by atoms with E-state index in [9.17, 15) is 19.2 Å². The largest absolute Gasteiger partial charge is 0.464 e. The van der Waals surface area contributed by atoms with E-state index >= 15 is 0 Å². The molecule has 2 atom stereocenters. The number of esters is 1. The van der Waals surface area contributed by atoms with Crippen LogP contribution in [0.4, 0.5) is 9.93 Å². The van der Waals surface area contributed by atoms with Gasteiger partial charge in [0, 0.05) is 16.8 Å². The second-order valence-electron chi connectivity index (χ2n) is 8.82. The van der Waals surface area contributed by atoms with Gasteiger partial charge < -0.3 is 15.4 Å². The van der Waals surface area contributed by atoms with E-state index in [0.29, 0.717) is 17.9 Å². The lowest BCUT2D eigenvalue weighted by Crippen LogP contribution is -2.49. The summed E-state index contributed by atoms with van der Waals surface area (Å²) in [6.07, 6.45) is 5.85. The number of aromatic nitrogens is 1. The molecule has 0 radical (unpaired) electrons. The molecule has 2 aromatic rings. The van der Waals surface area contributed by atoms with Crippen LogP contribution in [-0.2, 0) is 20.7 Å². The predicted molar refractivity (Wildman–Crippen MR) is 131 cm³/mol. The van der Waals surface area contributed by atoms with Crippen molar-refractivity contribution in [1.82, 2.24) is 15.2 Å². The second-order valence-corrected chi connectivity index (χ2v) is 10.1. The molecule has 35 heavy (non-hydrogen) atoms. The average molecular weight is 519 g/mol. The summed E-state index contributed by atoms with van der Waals surface area (Å²) in [4.78, 5) is 56.5. The number of hydrogen-bond donors (Lipinski definition) is 2. The Bertz CT molecular complexity index is 1100. The van der Waals surface area contributed by atoms with Gasteiger partial charge in [0.15, 0.2) is 10.8 Å². The summed E-state index contributed by atoms with van der Waals surface area (Å²) in [5.74, 6) is -1.32. The van der Waals surface area contributed by atoms with Crippen LogP contribution in [0.25, 0.3) is 0 Å². The van der Waals surface area contributed by atoms with Gasteiger partial charge in [-0.2, -0.15) is 0 Å². The number of rotatable bonds is 8. The first-order valence-electron chi connectivity index (χ1n) is 11.6. The van der Waals surface area contributed by atoms with Gasteiger partial charge in [-0.15, -0.1) is 11.3 Å². The van der Waals surface area contributed by atoms with Crippen molar-refractivity contribution >= 4 is 51.9 Å². The summed E-state index contributed by atoms with van der Waals surface area (Å²) in [5, 5.41) is 7.69. The molecular weight excluding hydrogens is 492 g/mol. The number of hydrogen-bond acceptors (Lipinski definition) is 7. The topological polar surface area (TPSA) is 118 Å². The number of ether oxygens (including phenoxy) is 1. The number of nitrogens with zero attached hydrogens (tertiary/aromatic N) is 2. The summed E-state index contributed by atoms with van der Waals surface area (Å²) >= 11 is 7.02. The van der Waals surface area contributed by atoms with E-state index in [4.69, 9.17) is 11.6 Å². The molecule has 0 bridgehead atoms. The van der Waals surface area contributed by atoms with Crippen LogP contribution in [0.1, 0.15) is 54.6 Å². The number of carbonyl (C=O) groups excluding carboxylic acids is 4. The molecule has 1 unspecified atom stereocenters. The fraction of sp³-hybridized carbons (Fsp3) is 0.458. The highest BCUT2D eigenvalue weighted by molar-refractivity contribution is 7.14. The zero-order chi connectivity index (χ0) is 24.9. The Morgan fingerprint density at radius 2 is 1.94 bits per heavy atom. The van der Waals surface area contributed by atoms with Crippen LogP contribution in [0.2, 0.25) is 5.02 Å². The van der Waals surface area contributed by atoms with Gasteiger partial charge in [0.05, 0.1) is 7.11 Å². The number of anilines is 1. The van der Waals surface area contributed by atoms with E-state index in [1.807, 2.05) is 0 Å². The third kappa shape index (κ3) is 5.99. The molecule has 9 nitrogen and oxygen atoms in total. The van der Waals surface area contributed by atoms with Gasteiger partial charge in [0.1, 0.15) is 12.1 Å². The molecule has 1 aromatic carbocycles. The molecular formula is C24H27ClN4O5S. The summed E-state index contributed by atoms with van der Waals surface area (Å²) in [6.45, 7) is 0. The number of benzene rings is 1. The van der Waals surface area contributed by atoms with Crippen molar-refractivity contribution in [3.63, 3.8) is 0 Å². The lowest BCUT2D eigenvalue weighted by atomic mass is 9.84. The second kappa shape index (κ2) is 11.2. The first-order valence-corrected chi connectivity index (χ1v) is 12.8. The highest BCUT2D eigenvalue weighted by Crippen LogP contribution is 2.31. The maximum absolute atomic E-state index is 13.4. The molecule has 1 saturated carbocycles. The Kier molecular flexibility index (Phi) is 8.02. The van der Waals surface area contributed by atoms with Gasteiger partial charge in [-0.25, -0.2) is 19.5 Å². The highest BCUT2D eigenvalue weighted by Gasteiger charge is 2.45. The van der Waals surface area contributed by atoms with Gasteiger partial charge in [0.25, 0.3) is 5.91 Å². The van der Waals surface area contributed by atoms with E-state index in [2.05, 4.69) is 20.4 Å². The minimum absolute atomic E-state index is 0.0784. The number of halogens is 1. The van der Waals surface area contributed by atoms with E-state index in [0.717, 1.165) is 53.9 Å². The van der Waals surface area contributed by atoms with Crippen LogP contribution in [0, 0.1) is 5.92 Å². The molecule has 186 valence electrons. The first-order chi connectivity index (χ1) is 16.9. The molecule has 1 aliphatic heterocycles. The Balaban J connectivity index is 1.52. The van der Waals surface area contributed by atoms with E-state index < -0.39 is 35.9 Å². The van der Waals surface area contributed by atoms with Gasteiger partial charge >= 0.3 is 12.0 Å². The summed E-state index contributed by atoms with van der Waals surface area (Å²) in [6, 6.07) is 4.73. The Morgan fingerprint density at radius 1 is 1.23 bits per heavy atom. The monoisotopic (exact) mass is 518 g/mol. The van der Waals surface area contributed by atoms with E-state index in [-0.39, 0.29) is 16.7 Å². The molecule has 2 fully saturated rings. The minimum atomic E-state index is -0.980. The average Bonchev–Trinajstić information content (AvgIpc) is 3.43. The van der Waals surface area contributed by atoms with Gasteiger partial charge in [-0.1, -0.05) is 55.8 Å². The van der Waals surface area contributed by atoms with Crippen LogP contribution in [0.3, 0.4) is 0 Å². The summed E-state index contributed by atoms with van der Waals surface area (Å²) in [5.41, 5.74) is 0.927. The van der Waals surface area contributed by atoms with Crippen molar-refractivity contribution in [1.29, 1.82) is 0 Å². The molecule has 1 saturated heterocycles. The smallest absolute Gasteiger partial charge is 0.357 e. The van der Waals surface area contributed by atoms with Crippen molar-refractivity contribution < 1.29 is 23.9 Å². The number of urea groups is 1. The number of nitrogens with one attached hydrogen (secondary N) is 2. The fourth-order valence-corrected chi connectivity index (χ4v) is 5.43. The minimum Gasteiger partial charge on any atom is -0.464 e. The molecule has 11 heteroatoms. The Labute approximate surface area is 212 Å². The highest BCUT2D eigenvalue weighted by atomic mass is 35.5. The number of amides is 4. The lowest BCUT2D eigenvalue weighted by molar-refractivity contribution is -0.134. The lowest BCUT2D eigenvalue weighted by Gasteiger charge is -2.30. The van der Waals surface area contributed by atoms with Crippen LogP contribution in [0.5, 0.6) is 0 Å². The predicted octanol–water partition coefficient (Wildman–Crippen LogP) is 4.02. The summed E-state index contributed by atoms with van der Waals surface area (Å²) < 4.78 is 4.66. The molecule has 1 aliphatic carbocycles. The number of thiazole rings is 1. The van der Waals surface area contributed by atoms with Crippen molar-refractivity contribution in [2.45, 2.75) is 57.0 Å². The van der Waals surface area contributed by atoms with Gasteiger partial charge in [-0.3, -0.25) is 9.59 Å². The standard InChI is InChI=1S/C24H27ClN4O5S/c1-34-22(32)18-13-35-23(26-18)28-20(30)19(12-14-5-3-2-4-6-14)29-21(31)17(27-24(29)33)11-15-7-9-16(25)10-8-15/h7-10,13-14,17,19H,2-6,11-12H2,1H3,(H,27,33)(H,26,28,30)/t17-,19?/m1/s1. The van der Waals surface area contributed by atoms with E-state index in [1.54, 1.807) is 24.3 Å². The molecule has 0 spiro atoms. The summed E-state index contributed by atoms with van der Waals surface area (Å²) in [7, 11) is 1.25. The third-order valence-corrected chi connectivity index (χ3v) is 7.44. The first kappa shape index (κ1) is 25.1. The number of carbonyl (C=O) groups is 4. The SMILES string of the molecule is COC(=O)c1csc(NC(=O)C(CC2CCCCC2)N2C(=O)N[C@H](Cc3ccc(Cl)cc3)C2=O)n1. The van der Waals surface area contributed by atoms with Crippen molar-refractivity contribution in [3.8, 4) is 0 Å². The van der Waals surface area contributed by atoms with Gasteiger partial charge in [-0.05, 0) is 30.0 Å². The molecule has 2 heterocycles. The normalized spacial score (nSPS) is 19.4. The molecule has 2 N–H and O–H groups in total. The number of methoxy groups -OCH3 is 1. The zero-order valence-electron chi connectivity index (χ0n) is 19.3. The van der Waals surface area contributed by atoms with E-state index in [1.165, 1.54) is 12.5 Å². The Morgan fingerprint density at radius 3 is 2.63 bits per heavy atom. The zero-order valence-corrected chi connectivity index (χ0v) is 20.9. The van der Waals surface area contributed by atoms with Crippen molar-refractivity contribution in [3.05, 3.63) is 45.9 Å². The quantitative estimate of drug-likeness (QED) is 0.402. The van der Waals surface area contributed by atoms with Crippen LogP contribution in [0.15, 0.2) is 29.6 Å². The fourth-order valence-electron chi connectivity index (χ4n) is 4.62. The van der Waals surface area contributed by atoms with Crippen LogP contribution < -0.4 is 10.6 Å². The van der Waals surface area contributed by atoms with Crippen LogP contribution >= 0.6 is 22.9 Å². The van der Waals surface area contributed by atoms with Gasteiger partial charge in [0.2, 0.25) is 5.91 Å².